The highest BCUT2D eigenvalue weighted by Crippen LogP contribution is 2.35. The Hall–Kier alpha value is -3.06. The largest absolute Gasteiger partial charge is 0.494 e. The van der Waals surface area contributed by atoms with Crippen molar-refractivity contribution in [2.45, 2.75) is 13.5 Å². The topological polar surface area (TPSA) is 73.2 Å². The number of hydrogen-bond acceptors (Lipinski definition) is 4. The second kappa shape index (κ2) is 9.83. The standard InChI is InChI=1S/C24H18Cl3N3O3/c1-2-33-17-7-8-20-18(11-17)21(22(31)24(32)29-16-4-3-9-28-12-16)23(27)30(20)13-14-5-6-15(25)10-19(14)26/h3-12H,2,13H2,1H3,(H,29,32). The van der Waals surface area contributed by atoms with Crippen molar-refractivity contribution in [3.63, 3.8) is 0 Å². The van der Waals surface area contributed by atoms with Gasteiger partial charge in [-0.1, -0.05) is 40.9 Å². The number of nitrogens with one attached hydrogen (secondary N) is 1. The Bertz CT molecular complexity index is 1350. The van der Waals surface area contributed by atoms with Gasteiger partial charge in [0.25, 0.3) is 11.7 Å². The van der Waals surface area contributed by atoms with Crippen LogP contribution in [0.5, 0.6) is 5.75 Å². The van der Waals surface area contributed by atoms with Gasteiger partial charge in [-0.3, -0.25) is 14.6 Å². The van der Waals surface area contributed by atoms with E-state index in [1.165, 1.54) is 6.20 Å². The van der Waals surface area contributed by atoms with Crippen LogP contribution in [0.1, 0.15) is 22.8 Å². The average molecular weight is 503 g/mol. The molecule has 2 aromatic heterocycles. The summed E-state index contributed by atoms with van der Waals surface area (Å²) in [5, 5.41) is 4.16. The summed E-state index contributed by atoms with van der Waals surface area (Å²) in [6.45, 7) is 2.58. The lowest BCUT2D eigenvalue weighted by atomic mass is 10.1. The van der Waals surface area contributed by atoms with E-state index in [0.29, 0.717) is 39.0 Å². The van der Waals surface area contributed by atoms with Gasteiger partial charge in [0, 0.05) is 21.6 Å². The van der Waals surface area contributed by atoms with Crippen molar-refractivity contribution in [2.24, 2.45) is 0 Å². The molecule has 0 aliphatic carbocycles. The minimum Gasteiger partial charge on any atom is -0.494 e. The number of ketones is 1. The van der Waals surface area contributed by atoms with Crippen molar-refractivity contribution >= 4 is 63.1 Å². The summed E-state index contributed by atoms with van der Waals surface area (Å²) in [5.41, 5.74) is 1.90. The van der Waals surface area contributed by atoms with Gasteiger partial charge in [-0.15, -0.1) is 0 Å². The predicted molar refractivity (Wildman–Crippen MR) is 131 cm³/mol. The van der Waals surface area contributed by atoms with Gasteiger partial charge in [0.15, 0.2) is 0 Å². The highest BCUT2D eigenvalue weighted by molar-refractivity contribution is 6.51. The van der Waals surface area contributed by atoms with Crippen molar-refractivity contribution in [1.82, 2.24) is 9.55 Å². The van der Waals surface area contributed by atoms with E-state index < -0.39 is 11.7 Å². The number of Topliss-reactive ketones (excluding diaryl/α,β-unsaturated/α-hetero) is 1. The Morgan fingerprint density at radius 1 is 1.09 bits per heavy atom. The number of halogens is 3. The first-order chi connectivity index (χ1) is 15.9. The number of carbonyl (C=O) groups excluding carboxylic acids is 2. The summed E-state index contributed by atoms with van der Waals surface area (Å²) < 4.78 is 7.32. The van der Waals surface area contributed by atoms with Crippen LogP contribution in [-0.2, 0) is 11.3 Å². The minimum absolute atomic E-state index is 0.0831. The third-order valence-corrected chi connectivity index (χ3v) is 5.96. The Labute approximate surface area is 205 Å². The minimum atomic E-state index is -0.824. The van der Waals surface area contributed by atoms with Gasteiger partial charge in [0.05, 0.1) is 36.1 Å². The molecule has 0 aliphatic rings. The number of amides is 1. The summed E-state index contributed by atoms with van der Waals surface area (Å²) in [6, 6.07) is 13.7. The maximum atomic E-state index is 13.2. The summed E-state index contributed by atoms with van der Waals surface area (Å²) in [4.78, 5) is 29.9. The molecule has 0 radical (unpaired) electrons. The summed E-state index contributed by atoms with van der Waals surface area (Å²) >= 11 is 19.1. The first-order valence-corrected chi connectivity index (χ1v) is 11.2. The van der Waals surface area contributed by atoms with Crippen molar-refractivity contribution in [3.8, 4) is 5.75 Å². The monoisotopic (exact) mass is 501 g/mol. The van der Waals surface area contributed by atoms with Crippen LogP contribution in [0.3, 0.4) is 0 Å². The molecule has 0 spiro atoms. The van der Waals surface area contributed by atoms with Crippen molar-refractivity contribution in [1.29, 1.82) is 0 Å². The van der Waals surface area contributed by atoms with Crippen LogP contribution in [0.25, 0.3) is 10.9 Å². The van der Waals surface area contributed by atoms with Crippen molar-refractivity contribution < 1.29 is 14.3 Å². The molecule has 0 bridgehead atoms. The maximum Gasteiger partial charge on any atom is 0.296 e. The molecule has 33 heavy (non-hydrogen) atoms. The van der Waals surface area contributed by atoms with Gasteiger partial charge in [-0.2, -0.15) is 0 Å². The Kier molecular flexibility index (Phi) is 6.88. The molecule has 4 rings (SSSR count). The molecule has 2 aromatic carbocycles. The highest BCUT2D eigenvalue weighted by Gasteiger charge is 2.27. The molecule has 0 saturated carbocycles. The van der Waals surface area contributed by atoms with Gasteiger partial charge >= 0.3 is 0 Å². The number of benzene rings is 2. The van der Waals surface area contributed by atoms with Crippen LogP contribution < -0.4 is 10.1 Å². The lowest BCUT2D eigenvalue weighted by molar-refractivity contribution is -0.112. The zero-order chi connectivity index (χ0) is 23.5. The van der Waals surface area contributed by atoms with Crippen LogP contribution in [0, 0.1) is 0 Å². The third kappa shape index (κ3) is 4.83. The van der Waals surface area contributed by atoms with Gasteiger partial charge in [0.1, 0.15) is 10.9 Å². The number of ether oxygens (including phenoxy) is 1. The lowest BCUT2D eigenvalue weighted by Gasteiger charge is -2.10. The fraction of sp³-hybridized carbons (Fsp3) is 0.125. The van der Waals surface area contributed by atoms with E-state index in [-0.39, 0.29) is 17.3 Å². The van der Waals surface area contributed by atoms with Crippen LogP contribution in [0.2, 0.25) is 15.2 Å². The molecule has 0 saturated heterocycles. The number of fused-ring (bicyclic) bond motifs is 1. The van der Waals surface area contributed by atoms with E-state index in [9.17, 15) is 9.59 Å². The maximum absolute atomic E-state index is 13.2. The average Bonchev–Trinajstić information content (AvgIpc) is 3.06. The van der Waals surface area contributed by atoms with E-state index in [1.54, 1.807) is 59.3 Å². The molecular weight excluding hydrogens is 485 g/mol. The number of aromatic nitrogens is 2. The quantitative estimate of drug-likeness (QED) is 0.239. The number of nitrogens with zero attached hydrogens (tertiary/aromatic N) is 2. The SMILES string of the molecule is CCOc1ccc2c(c1)c(C(=O)C(=O)Nc1cccnc1)c(Cl)n2Cc1ccc(Cl)cc1Cl. The normalized spacial score (nSPS) is 10.9. The van der Waals surface area contributed by atoms with E-state index in [4.69, 9.17) is 39.5 Å². The van der Waals surface area contributed by atoms with Crippen LogP contribution in [-0.4, -0.2) is 27.8 Å². The molecular formula is C24H18Cl3N3O3. The molecule has 1 amide bonds. The van der Waals surface area contributed by atoms with Crippen LogP contribution >= 0.6 is 34.8 Å². The molecule has 9 heteroatoms. The smallest absolute Gasteiger partial charge is 0.296 e. The second-order valence-corrected chi connectivity index (χ2v) is 8.33. The summed E-state index contributed by atoms with van der Waals surface area (Å²) in [5.74, 6) is -1.04. The molecule has 6 nitrogen and oxygen atoms in total. The first kappa shape index (κ1) is 23.1. The number of anilines is 1. The number of pyridine rings is 1. The molecule has 0 atom stereocenters. The Morgan fingerprint density at radius 3 is 2.61 bits per heavy atom. The first-order valence-electron chi connectivity index (χ1n) is 10.0. The molecule has 168 valence electrons. The zero-order valence-electron chi connectivity index (χ0n) is 17.4. The summed E-state index contributed by atoms with van der Waals surface area (Å²) in [6.07, 6.45) is 3.02. The fourth-order valence-electron chi connectivity index (χ4n) is 3.49. The molecule has 0 unspecified atom stereocenters. The van der Waals surface area contributed by atoms with Gasteiger partial charge in [-0.05, 0) is 55.0 Å². The molecule has 1 N–H and O–H groups in total. The zero-order valence-corrected chi connectivity index (χ0v) is 19.7. The molecule has 2 heterocycles. The van der Waals surface area contributed by atoms with Crippen LogP contribution in [0.15, 0.2) is 60.9 Å². The second-order valence-electron chi connectivity index (χ2n) is 7.12. The van der Waals surface area contributed by atoms with E-state index in [2.05, 4.69) is 10.3 Å². The molecule has 0 aliphatic heterocycles. The van der Waals surface area contributed by atoms with E-state index in [0.717, 1.165) is 5.56 Å². The van der Waals surface area contributed by atoms with E-state index >= 15 is 0 Å². The Balaban J connectivity index is 1.80. The van der Waals surface area contributed by atoms with E-state index in [1.807, 2.05) is 6.92 Å². The van der Waals surface area contributed by atoms with Crippen LogP contribution in [0.4, 0.5) is 5.69 Å². The molecule has 0 fully saturated rings. The number of hydrogen-bond donors (Lipinski definition) is 1. The van der Waals surface area contributed by atoms with Gasteiger partial charge in [-0.25, -0.2) is 0 Å². The van der Waals surface area contributed by atoms with Crippen molar-refractivity contribution in [3.05, 3.63) is 87.2 Å². The lowest BCUT2D eigenvalue weighted by Crippen LogP contribution is -2.23. The Morgan fingerprint density at radius 2 is 1.91 bits per heavy atom. The number of carbonyl (C=O) groups is 2. The van der Waals surface area contributed by atoms with Gasteiger partial charge < -0.3 is 14.6 Å². The molecule has 4 aromatic rings. The van der Waals surface area contributed by atoms with Crippen molar-refractivity contribution in [2.75, 3.05) is 11.9 Å². The fourth-order valence-corrected chi connectivity index (χ4v) is 4.29. The predicted octanol–water partition coefficient (Wildman–Crippen LogP) is 6.26. The summed E-state index contributed by atoms with van der Waals surface area (Å²) in [7, 11) is 0. The van der Waals surface area contributed by atoms with Gasteiger partial charge in [0.2, 0.25) is 0 Å². The highest BCUT2D eigenvalue weighted by atomic mass is 35.5. The number of rotatable bonds is 7. The third-order valence-electron chi connectivity index (χ3n) is 4.98.